The summed E-state index contributed by atoms with van der Waals surface area (Å²) in [5, 5.41) is 11.5. The first-order chi connectivity index (χ1) is 7.31. The van der Waals surface area contributed by atoms with Gasteiger partial charge in [0.05, 0.1) is 0 Å². The molecule has 3 heteroatoms. The average Bonchev–Trinajstić information content (AvgIpc) is 2.23. The van der Waals surface area contributed by atoms with Gasteiger partial charge in [0, 0.05) is 19.6 Å². The third-order valence-corrected chi connectivity index (χ3v) is 2.41. The van der Waals surface area contributed by atoms with Gasteiger partial charge >= 0.3 is 0 Å². The topological polar surface area (TPSA) is 49.3 Å². The van der Waals surface area contributed by atoms with Crippen LogP contribution in [0.15, 0.2) is 0 Å². The highest BCUT2D eigenvalue weighted by Gasteiger charge is 1.99. The summed E-state index contributed by atoms with van der Waals surface area (Å²) in [5.74, 6) is 0.186. The number of unbranched alkanes of at least 4 members (excludes halogenated alkanes) is 5. The van der Waals surface area contributed by atoms with E-state index in [4.69, 9.17) is 5.11 Å². The predicted octanol–water partition coefficient (Wildman–Crippen LogP) is 2.24. The largest absolute Gasteiger partial charge is 0.396 e. The van der Waals surface area contributed by atoms with Crippen molar-refractivity contribution in [3.05, 3.63) is 0 Å². The molecule has 0 aromatic heterocycles. The fourth-order valence-electron chi connectivity index (χ4n) is 1.44. The molecule has 0 saturated carbocycles. The Labute approximate surface area is 93.3 Å². The Morgan fingerprint density at radius 1 is 1.07 bits per heavy atom. The summed E-state index contributed by atoms with van der Waals surface area (Å²) in [4.78, 5) is 11.3. The minimum absolute atomic E-state index is 0.186. The number of aliphatic hydroxyl groups excluding tert-OH is 1. The van der Waals surface area contributed by atoms with Gasteiger partial charge in [0.15, 0.2) is 0 Å². The summed E-state index contributed by atoms with van der Waals surface area (Å²) in [7, 11) is 0. The van der Waals surface area contributed by atoms with Crippen LogP contribution in [0.5, 0.6) is 0 Å². The second-order valence-corrected chi connectivity index (χ2v) is 3.94. The molecule has 3 nitrogen and oxygen atoms in total. The third-order valence-electron chi connectivity index (χ3n) is 2.41. The lowest BCUT2D eigenvalue weighted by Gasteiger charge is -2.04. The normalized spacial score (nSPS) is 10.3. The van der Waals surface area contributed by atoms with Crippen LogP contribution in [-0.2, 0) is 4.79 Å². The summed E-state index contributed by atoms with van der Waals surface area (Å²) in [6.07, 6.45) is 8.04. The van der Waals surface area contributed by atoms with E-state index in [2.05, 4.69) is 12.2 Å². The highest BCUT2D eigenvalue weighted by atomic mass is 16.2. The lowest BCUT2D eigenvalue weighted by Crippen LogP contribution is -2.23. The second kappa shape index (κ2) is 11.5. The van der Waals surface area contributed by atoms with Crippen molar-refractivity contribution in [3.63, 3.8) is 0 Å². The van der Waals surface area contributed by atoms with Crippen molar-refractivity contribution in [1.29, 1.82) is 0 Å². The van der Waals surface area contributed by atoms with Gasteiger partial charge in [-0.2, -0.15) is 0 Å². The fraction of sp³-hybridized carbons (Fsp3) is 0.917. The Bertz CT molecular complexity index is 149. The summed E-state index contributed by atoms with van der Waals surface area (Å²) in [6, 6.07) is 0. The number of hydrogen-bond acceptors (Lipinski definition) is 2. The van der Waals surface area contributed by atoms with Crippen LogP contribution < -0.4 is 5.32 Å². The van der Waals surface area contributed by atoms with Crippen molar-refractivity contribution in [2.24, 2.45) is 0 Å². The van der Waals surface area contributed by atoms with Gasteiger partial charge in [0.1, 0.15) is 0 Å². The molecular weight excluding hydrogens is 190 g/mol. The number of carbonyl (C=O) groups excluding carboxylic acids is 1. The van der Waals surface area contributed by atoms with Crippen molar-refractivity contribution in [1.82, 2.24) is 5.32 Å². The van der Waals surface area contributed by atoms with E-state index in [9.17, 15) is 4.79 Å². The molecule has 0 fully saturated rings. The SMILES string of the molecule is CCCCCC(=O)NCCCCCCO. The molecule has 0 unspecified atom stereocenters. The Hall–Kier alpha value is -0.570. The minimum atomic E-state index is 0.186. The Kier molecular flexibility index (Phi) is 11.1. The zero-order chi connectivity index (χ0) is 11.4. The maximum absolute atomic E-state index is 11.3. The maximum Gasteiger partial charge on any atom is 0.219 e. The molecule has 2 N–H and O–H groups in total. The highest BCUT2D eigenvalue weighted by Crippen LogP contribution is 2.00. The van der Waals surface area contributed by atoms with Gasteiger partial charge in [-0.15, -0.1) is 0 Å². The zero-order valence-corrected chi connectivity index (χ0v) is 9.93. The van der Waals surface area contributed by atoms with Gasteiger partial charge in [-0.1, -0.05) is 32.6 Å². The smallest absolute Gasteiger partial charge is 0.219 e. The van der Waals surface area contributed by atoms with E-state index < -0.39 is 0 Å². The maximum atomic E-state index is 11.3. The molecular formula is C12H25NO2. The van der Waals surface area contributed by atoms with E-state index >= 15 is 0 Å². The van der Waals surface area contributed by atoms with E-state index in [0.29, 0.717) is 6.42 Å². The van der Waals surface area contributed by atoms with Crippen molar-refractivity contribution >= 4 is 5.91 Å². The van der Waals surface area contributed by atoms with Gasteiger partial charge in [-0.3, -0.25) is 4.79 Å². The molecule has 0 aliphatic heterocycles. The van der Waals surface area contributed by atoms with Crippen LogP contribution in [0.4, 0.5) is 0 Å². The predicted molar refractivity (Wildman–Crippen MR) is 62.7 cm³/mol. The number of aliphatic hydroxyl groups is 1. The zero-order valence-electron chi connectivity index (χ0n) is 9.93. The highest BCUT2D eigenvalue weighted by molar-refractivity contribution is 5.75. The lowest BCUT2D eigenvalue weighted by atomic mass is 10.2. The fourth-order valence-corrected chi connectivity index (χ4v) is 1.44. The molecule has 0 aliphatic rings. The van der Waals surface area contributed by atoms with E-state index in [1.807, 2.05) is 0 Å². The van der Waals surface area contributed by atoms with Crippen LogP contribution in [0.3, 0.4) is 0 Å². The summed E-state index contributed by atoms with van der Waals surface area (Å²) >= 11 is 0. The first kappa shape index (κ1) is 14.4. The van der Waals surface area contributed by atoms with E-state index in [0.717, 1.165) is 51.5 Å². The first-order valence-electron chi connectivity index (χ1n) is 6.18. The average molecular weight is 215 g/mol. The van der Waals surface area contributed by atoms with Crippen molar-refractivity contribution in [2.75, 3.05) is 13.2 Å². The van der Waals surface area contributed by atoms with Crippen LogP contribution in [0.1, 0.15) is 58.3 Å². The third kappa shape index (κ3) is 11.4. The monoisotopic (exact) mass is 215 g/mol. The van der Waals surface area contributed by atoms with Gasteiger partial charge in [-0.05, 0) is 19.3 Å². The molecule has 1 amide bonds. The Morgan fingerprint density at radius 2 is 1.80 bits per heavy atom. The van der Waals surface area contributed by atoms with Crippen LogP contribution >= 0.6 is 0 Å². The molecule has 0 aromatic carbocycles. The number of amides is 1. The summed E-state index contributed by atoms with van der Waals surface area (Å²) in [5.41, 5.74) is 0. The van der Waals surface area contributed by atoms with Crippen molar-refractivity contribution < 1.29 is 9.90 Å². The van der Waals surface area contributed by atoms with Crippen LogP contribution in [-0.4, -0.2) is 24.2 Å². The van der Waals surface area contributed by atoms with Gasteiger partial charge in [0.25, 0.3) is 0 Å². The van der Waals surface area contributed by atoms with Gasteiger partial charge < -0.3 is 10.4 Å². The first-order valence-corrected chi connectivity index (χ1v) is 6.18. The molecule has 0 spiro atoms. The molecule has 0 bridgehead atoms. The molecule has 0 aromatic rings. The minimum Gasteiger partial charge on any atom is -0.396 e. The molecule has 0 aliphatic carbocycles. The number of hydrogen-bond donors (Lipinski definition) is 2. The van der Waals surface area contributed by atoms with Gasteiger partial charge in [0.2, 0.25) is 5.91 Å². The molecule has 90 valence electrons. The number of nitrogens with one attached hydrogen (secondary N) is 1. The molecule has 0 rings (SSSR count). The Balaban J connectivity index is 3.10. The lowest BCUT2D eigenvalue weighted by molar-refractivity contribution is -0.121. The molecule has 0 radical (unpaired) electrons. The molecule has 0 atom stereocenters. The van der Waals surface area contributed by atoms with Crippen LogP contribution in [0.25, 0.3) is 0 Å². The van der Waals surface area contributed by atoms with E-state index in [1.165, 1.54) is 0 Å². The van der Waals surface area contributed by atoms with Crippen LogP contribution in [0, 0.1) is 0 Å². The molecule has 0 saturated heterocycles. The molecule has 15 heavy (non-hydrogen) atoms. The van der Waals surface area contributed by atoms with E-state index in [-0.39, 0.29) is 12.5 Å². The number of carbonyl (C=O) groups is 1. The summed E-state index contributed by atoms with van der Waals surface area (Å²) < 4.78 is 0. The van der Waals surface area contributed by atoms with Crippen molar-refractivity contribution in [3.8, 4) is 0 Å². The van der Waals surface area contributed by atoms with Crippen LogP contribution in [0.2, 0.25) is 0 Å². The summed E-state index contributed by atoms with van der Waals surface area (Å²) in [6.45, 7) is 3.21. The van der Waals surface area contributed by atoms with Gasteiger partial charge in [-0.25, -0.2) is 0 Å². The van der Waals surface area contributed by atoms with E-state index in [1.54, 1.807) is 0 Å². The molecule has 0 heterocycles. The number of rotatable bonds is 10. The van der Waals surface area contributed by atoms with Crippen molar-refractivity contribution in [2.45, 2.75) is 58.3 Å². The Morgan fingerprint density at radius 3 is 2.47 bits per heavy atom. The second-order valence-electron chi connectivity index (χ2n) is 3.94. The standard InChI is InChI=1S/C12H25NO2/c1-2-3-6-9-12(15)13-10-7-4-5-8-11-14/h14H,2-11H2,1H3,(H,13,15). The quantitative estimate of drug-likeness (QED) is 0.549.